The molecule has 0 unspecified atom stereocenters. The number of nitrogens with one attached hydrogen (secondary N) is 1. The maximum atomic E-state index is 5.67. The number of unbranched alkanes of at least 4 members (excludes halogenated alkanes) is 1. The van der Waals surface area contributed by atoms with Gasteiger partial charge in [-0.05, 0) is 44.7 Å². The van der Waals surface area contributed by atoms with Gasteiger partial charge in [0.1, 0.15) is 0 Å². The minimum atomic E-state index is 0.878. The summed E-state index contributed by atoms with van der Waals surface area (Å²) in [5.74, 6) is 0.878. The van der Waals surface area contributed by atoms with Crippen molar-refractivity contribution >= 4 is 0 Å². The molecule has 2 heteroatoms. The van der Waals surface area contributed by atoms with Crippen LogP contribution in [0.4, 0.5) is 0 Å². The first-order valence-electron chi connectivity index (χ1n) is 6.22. The molecule has 0 aromatic heterocycles. The van der Waals surface area contributed by atoms with Crippen LogP contribution < -0.4 is 5.32 Å². The van der Waals surface area contributed by atoms with E-state index in [0.717, 1.165) is 32.2 Å². The summed E-state index contributed by atoms with van der Waals surface area (Å²) in [4.78, 5) is 0. The summed E-state index contributed by atoms with van der Waals surface area (Å²) < 4.78 is 5.67. The maximum absolute atomic E-state index is 5.67. The molecule has 0 spiro atoms. The highest BCUT2D eigenvalue weighted by Gasteiger charge is 2.14. The second-order valence-corrected chi connectivity index (χ2v) is 4.29. The summed E-state index contributed by atoms with van der Waals surface area (Å²) in [5.41, 5.74) is 0. The Morgan fingerprint density at radius 3 is 2.71 bits per heavy atom. The fourth-order valence-corrected chi connectivity index (χ4v) is 2.06. The minimum absolute atomic E-state index is 0.878. The van der Waals surface area contributed by atoms with Crippen molar-refractivity contribution in [3.05, 3.63) is 0 Å². The lowest BCUT2D eigenvalue weighted by Crippen LogP contribution is -2.14. The molecule has 1 rings (SSSR count). The standard InChI is InChI=1S/C12H25NO/c1-2-13-9-5-6-10-14-11-12-7-3-4-8-12/h12-13H,2-11H2,1H3. The highest BCUT2D eigenvalue weighted by molar-refractivity contribution is 4.66. The summed E-state index contributed by atoms with van der Waals surface area (Å²) in [6.45, 7) is 6.35. The van der Waals surface area contributed by atoms with Gasteiger partial charge in [0.25, 0.3) is 0 Å². The van der Waals surface area contributed by atoms with E-state index in [0.29, 0.717) is 0 Å². The van der Waals surface area contributed by atoms with Crippen molar-refractivity contribution in [2.45, 2.75) is 45.4 Å². The number of rotatable bonds is 8. The van der Waals surface area contributed by atoms with Crippen LogP contribution in [0, 0.1) is 5.92 Å². The Morgan fingerprint density at radius 1 is 1.21 bits per heavy atom. The van der Waals surface area contributed by atoms with Gasteiger partial charge in [-0.25, -0.2) is 0 Å². The van der Waals surface area contributed by atoms with Crippen LogP contribution in [0.2, 0.25) is 0 Å². The molecular formula is C12H25NO. The van der Waals surface area contributed by atoms with Crippen LogP contribution in [0.15, 0.2) is 0 Å². The van der Waals surface area contributed by atoms with Gasteiger partial charge >= 0.3 is 0 Å². The summed E-state index contributed by atoms with van der Waals surface area (Å²) >= 11 is 0. The van der Waals surface area contributed by atoms with E-state index in [1.54, 1.807) is 0 Å². The quantitative estimate of drug-likeness (QED) is 0.607. The first-order chi connectivity index (χ1) is 6.93. The number of ether oxygens (including phenoxy) is 1. The van der Waals surface area contributed by atoms with Crippen LogP contribution in [0.3, 0.4) is 0 Å². The van der Waals surface area contributed by atoms with E-state index in [2.05, 4.69) is 12.2 Å². The van der Waals surface area contributed by atoms with Gasteiger partial charge in [0.15, 0.2) is 0 Å². The second-order valence-electron chi connectivity index (χ2n) is 4.29. The maximum Gasteiger partial charge on any atom is 0.0494 e. The smallest absolute Gasteiger partial charge is 0.0494 e. The summed E-state index contributed by atoms with van der Waals surface area (Å²) in [6, 6.07) is 0. The molecule has 2 nitrogen and oxygen atoms in total. The van der Waals surface area contributed by atoms with Gasteiger partial charge in [-0.2, -0.15) is 0 Å². The van der Waals surface area contributed by atoms with E-state index in [1.165, 1.54) is 38.5 Å². The van der Waals surface area contributed by atoms with Gasteiger partial charge < -0.3 is 10.1 Å². The van der Waals surface area contributed by atoms with E-state index in [9.17, 15) is 0 Å². The lowest BCUT2D eigenvalue weighted by atomic mass is 10.1. The van der Waals surface area contributed by atoms with Crippen molar-refractivity contribution in [2.75, 3.05) is 26.3 Å². The molecule has 84 valence electrons. The zero-order valence-electron chi connectivity index (χ0n) is 9.56. The Balaban J connectivity index is 1.75. The normalized spacial score (nSPS) is 17.8. The largest absolute Gasteiger partial charge is 0.381 e. The van der Waals surface area contributed by atoms with Crippen molar-refractivity contribution in [3.63, 3.8) is 0 Å². The third kappa shape index (κ3) is 5.61. The predicted octanol–water partition coefficient (Wildman–Crippen LogP) is 2.58. The molecule has 0 aliphatic heterocycles. The van der Waals surface area contributed by atoms with Gasteiger partial charge in [0.2, 0.25) is 0 Å². The van der Waals surface area contributed by atoms with E-state index >= 15 is 0 Å². The van der Waals surface area contributed by atoms with Crippen LogP contribution in [0.5, 0.6) is 0 Å². The third-order valence-electron chi connectivity index (χ3n) is 2.97. The molecule has 1 aliphatic carbocycles. The topological polar surface area (TPSA) is 21.3 Å². The first kappa shape index (κ1) is 12.0. The first-order valence-corrected chi connectivity index (χ1v) is 6.22. The molecule has 0 bridgehead atoms. The van der Waals surface area contributed by atoms with Crippen molar-refractivity contribution in [1.82, 2.24) is 5.32 Å². The van der Waals surface area contributed by atoms with Gasteiger partial charge in [0.05, 0.1) is 0 Å². The average Bonchev–Trinajstić information content (AvgIpc) is 2.69. The monoisotopic (exact) mass is 199 g/mol. The summed E-state index contributed by atoms with van der Waals surface area (Å²) in [5, 5.41) is 3.32. The van der Waals surface area contributed by atoms with Gasteiger partial charge in [-0.15, -0.1) is 0 Å². The fourth-order valence-electron chi connectivity index (χ4n) is 2.06. The van der Waals surface area contributed by atoms with Crippen LogP contribution in [-0.4, -0.2) is 26.3 Å². The van der Waals surface area contributed by atoms with Gasteiger partial charge in [-0.3, -0.25) is 0 Å². The van der Waals surface area contributed by atoms with Crippen molar-refractivity contribution in [2.24, 2.45) is 5.92 Å². The van der Waals surface area contributed by atoms with Crippen molar-refractivity contribution in [3.8, 4) is 0 Å². The molecule has 0 heterocycles. The van der Waals surface area contributed by atoms with Crippen molar-refractivity contribution in [1.29, 1.82) is 0 Å². The minimum Gasteiger partial charge on any atom is -0.381 e. The fraction of sp³-hybridized carbons (Fsp3) is 1.00. The Hall–Kier alpha value is -0.0800. The van der Waals surface area contributed by atoms with Crippen LogP contribution in [-0.2, 0) is 4.74 Å². The molecule has 14 heavy (non-hydrogen) atoms. The molecule has 1 aliphatic rings. The average molecular weight is 199 g/mol. The second kappa shape index (κ2) is 8.25. The molecule has 1 saturated carbocycles. The molecule has 1 N–H and O–H groups in total. The molecule has 0 saturated heterocycles. The molecule has 0 aromatic carbocycles. The zero-order chi connectivity index (χ0) is 10.1. The molecule has 0 amide bonds. The third-order valence-corrected chi connectivity index (χ3v) is 2.97. The molecule has 1 fully saturated rings. The van der Waals surface area contributed by atoms with E-state index in [-0.39, 0.29) is 0 Å². The van der Waals surface area contributed by atoms with Crippen LogP contribution in [0.25, 0.3) is 0 Å². The predicted molar refractivity (Wildman–Crippen MR) is 60.6 cm³/mol. The SMILES string of the molecule is CCNCCCCOCC1CCCC1. The molecule has 0 aromatic rings. The van der Waals surface area contributed by atoms with Crippen LogP contribution in [0.1, 0.15) is 45.4 Å². The van der Waals surface area contributed by atoms with E-state index < -0.39 is 0 Å². The highest BCUT2D eigenvalue weighted by atomic mass is 16.5. The van der Waals surface area contributed by atoms with E-state index in [4.69, 9.17) is 4.74 Å². The van der Waals surface area contributed by atoms with Crippen LogP contribution >= 0.6 is 0 Å². The Bertz CT molecular complexity index is 121. The van der Waals surface area contributed by atoms with E-state index in [1.807, 2.05) is 0 Å². The zero-order valence-corrected chi connectivity index (χ0v) is 9.56. The van der Waals surface area contributed by atoms with Gasteiger partial charge in [-0.1, -0.05) is 19.8 Å². The summed E-state index contributed by atoms with van der Waals surface area (Å²) in [6.07, 6.45) is 8.11. The number of hydrogen-bond acceptors (Lipinski definition) is 2. The summed E-state index contributed by atoms with van der Waals surface area (Å²) in [7, 11) is 0. The van der Waals surface area contributed by atoms with Crippen molar-refractivity contribution < 1.29 is 4.74 Å². The lowest BCUT2D eigenvalue weighted by Gasteiger charge is -2.09. The number of hydrogen-bond donors (Lipinski definition) is 1. The molecule has 0 atom stereocenters. The molecule has 0 radical (unpaired) electrons. The van der Waals surface area contributed by atoms with Gasteiger partial charge in [0, 0.05) is 13.2 Å². The highest BCUT2D eigenvalue weighted by Crippen LogP contribution is 2.24. The molecular weight excluding hydrogens is 174 g/mol. The Labute approximate surface area is 88.4 Å². The Morgan fingerprint density at radius 2 is 2.00 bits per heavy atom. The Kier molecular flexibility index (Phi) is 7.06. The lowest BCUT2D eigenvalue weighted by molar-refractivity contribution is 0.0983.